The Morgan fingerprint density at radius 3 is 2.38 bits per heavy atom. The maximum Gasteiger partial charge on any atom is 0.0925 e. The molecule has 0 saturated heterocycles. The van der Waals surface area contributed by atoms with Gasteiger partial charge in [0, 0.05) is 18.3 Å². The van der Waals surface area contributed by atoms with Crippen LogP contribution < -0.4 is 0 Å². The fraction of sp³-hybridized carbons (Fsp3) is 0.182. The molecule has 0 fully saturated rings. The molecule has 0 bridgehead atoms. The lowest BCUT2D eigenvalue weighted by atomic mass is 10.1. The first-order chi connectivity index (χ1) is 6.27. The summed E-state index contributed by atoms with van der Waals surface area (Å²) in [7, 11) is 1.96. The number of hydrogen-bond donors (Lipinski definition) is 0. The van der Waals surface area contributed by atoms with Gasteiger partial charge in [0.15, 0.2) is 0 Å². The maximum atomic E-state index is 4.40. The molecule has 0 aliphatic heterocycles. The lowest BCUT2D eigenvalue weighted by molar-refractivity contribution is 0.743. The third kappa shape index (κ3) is 1.47. The van der Waals surface area contributed by atoms with Crippen LogP contribution in [0, 0.1) is 6.92 Å². The highest BCUT2D eigenvalue weighted by Gasteiger charge is 2.01. The van der Waals surface area contributed by atoms with Gasteiger partial charge in [0.05, 0.1) is 5.69 Å². The van der Waals surface area contributed by atoms with Gasteiger partial charge < -0.3 is 0 Å². The Labute approximate surface area is 77.8 Å². The van der Waals surface area contributed by atoms with Gasteiger partial charge in [0.1, 0.15) is 0 Å². The largest absolute Gasteiger partial charge is 0.272 e. The van der Waals surface area contributed by atoms with Crippen molar-refractivity contribution in [2.45, 2.75) is 6.92 Å². The summed E-state index contributed by atoms with van der Waals surface area (Å²) >= 11 is 0. The summed E-state index contributed by atoms with van der Waals surface area (Å²) in [5, 5.41) is 4.40. The van der Waals surface area contributed by atoms with Crippen LogP contribution in [0.1, 0.15) is 5.69 Å². The summed E-state index contributed by atoms with van der Waals surface area (Å²) in [6.45, 7) is 2.06. The van der Waals surface area contributed by atoms with E-state index >= 15 is 0 Å². The monoisotopic (exact) mass is 172 g/mol. The summed E-state index contributed by atoms with van der Waals surface area (Å²) < 4.78 is 1.89. The van der Waals surface area contributed by atoms with Gasteiger partial charge in [-0.3, -0.25) is 4.68 Å². The van der Waals surface area contributed by atoms with Crippen molar-refractivity contribution in [1.29, 1.82) is 0 Å². The topological polar surface area (TPSA) is 17.8 Å². The Hall–Kier alpha value is -1.57. The quantitative estimate of drug-likeness (QED) is 0.645. The van der Waals surface area contributed by atoms with E-state index in [4.69, 9.17) is 0 Å². The van der Waals surface area contributed by atoms with Crippen LogP contribution in [0.25, 0.3) is 11.3 Å². The van der Waals surface area contributed by atoms with Crippen LogP contribution in [-0.4, -0.2) is 9.78 Å². The summed E-state index contributed by atoms with van der Waals surface area (Å²) in [6.07, 6.45) is 0. The Morgan fingerprint density at radius 2 is 1.85 bits per heavy atom. The van der Waals surface area contributed by atoms with E-state index in [0.29, 0.717) is 0 Å². The first kappa shape index (κ1) is 8.05. The van der Waals surface area contributed by atoms with E-state index in [2.05, 4.69) is 30.2 Å². The van der Waals surface area contributed by atoms with Gasteiger partial charge in [-0.25, -0.2) is 0 Å². The molecule has 66 valence electrons. The van der Waals surface area contributed by atoms with E-state index in [1.54, 1.807) is 0 Å². The Bertz CT molecular complexity index is 382. The molecule has 1 aromatic heterocycles. The van der Waals surface area contributed by atoms with Crippen LogP contribution in [0.2, 0.25) is 0 Å². The SMILES string of the molecule is Cc1cc(-c2ccccc2)nn1C. The Morgan fingerprint density at radius 1 is 1.15 bits per heavy atom. The van der Waals surface area contributed by atoms with Crippen molar-refractivity contribution in [3.8, 4) is 11.3 Å². The minimum atomic E-state index is 1.04. The second kappa shape index (κ2) is 3.05. The molecule has 2 nitrogen and oxygen atoms in total. The van der Waals surface area contributed by atoms with Crippen LogP contribution in [0.5, 0.6) is 0 Å². The molecule has 13 heavy (non-hydrogen) atoms. The molecule has 0 aliphatic carbocycles. The molecule has 0 atom stereocenters. The molecule has 0 unspecified atom stereocenters. The molecule has 0 N–H and O–H groups in total. The molecule has 2 aromatic rings. The molecule has 1 aromatic carbocycles. The van der Waals surface area contributed by atoms with Gasteiger partial charge in [0.25, 0.3) is 0 Å². The standard InChI is InChI=1S/C11H12N2/c1-9-8-11(12-13(9)2)10-6-4-3-5-7-10/h3-8H,1-2H3. The van der Waals surface area contributed by atoms with Crippen LogP contribution >= 0.6 is 0 Å². The average molecular weight is 172 g/mol. The lowest BCUT2D eigenvalue weighted by Gasteiger charge is -1.93. The van der Waals surface area contributed by atoms with Crippen molar-refractivity contribution in [1.82, 2.24) is 9.78 Å². The van der Waals surface area contributed by atoms with Crippen LogP contribution in [0.4, 0.5) is 0 Å². The van der Waals surface area contributed by atoms with Crippen LogP contribution in [-0.2, 0) is 7.05 Å². The predicted octanol–water partition coefficient (Wildman–Crippen LogP) is 2.40. The molecular formula is C11H12N2. The third-order valence-electron chi connectivity index (χ3n) is 2.18. The number of benzene rings is 1. The molecule has 0 radical (unpaired) electrons. The van der Waals surface area contributed by atoms with Gasteiger partial charge in [-0.15, -0.1) is 0 Å². The summed E-state index contributed by atoms with van der Waals surface area (Å²) in [4.78, 5) is 0. The van der Waals surface area contributed by atoms with E-state index in [0.717, 1.165) is 5.69 Å². The third-order valence-corrected chi connectivity index (χ3v) is 2.18. The normalized spacial score (nSPS) is 10.3. The number of hydrogen-bond acceptors (Lipinski definition) is 1. The molecular weight excluding hydrogens is 160 g/mol. The maximum absolute atomic E-state index is 4.40. The zero-order chi connectivity index (χ0) is 9.26. The lowest BCUT2D eigenvalue weighted by Crippen LogP contribution is -1.92. The van der Waals surface area contributed by atoms with E-state index in [9.17, 15) is 0 Å². The minimum Gasteiger partial charge on any atom is -0.272 e. The number of rotatable bonds is 1. The van der Waals surface area contributed by atoms with E-state index in [1.807, 2.05) is 29.9 Å². The van der Waals surface area contributed by atoms with Gasteiger partial charge in [-0.1, -0.05) is 30.3 Å². The number of aryl methyl sites for hydroxylation is 2. The first-order valence-corrected chi connectivity index (χ1v) is 4.33. The Kier molecular flexibility index (Phi) is 1.89. The van der Waals surface area contributed by atoms with Gasteiger partial charge >= 0.3 is 0 Å². The number of nitrogens with zero attached hydrogens (tertiary/aromatic N) is 2. The van der Waals surface area contributed by atoms with Crippen molar-refractivity contribution < 1.29 is 0 Å². The zero-order valence-electron chi connectivity index (χ0n) is 7.86. The smallest absolute Gasteiger partial charge is 0.0925 e. The van der Waals surface area contributed by atoms with Gasteiger partial charge in [-0.05, 0) is 13.0 Å². The van der Waals surface area contributed by atoms with Crippen molar-refractivity contribution >= 4 is 0 Å². The fourth-order valence-corrected chi connectivity index (χ4v) is 1.31. The molecule has 1 heterocycles. The predicted molar refractivity (Wildman–Crippen MR) is 53.4 cm³/mol. The summed E-state index contributed by atoms with van der Waals surface area (Å²) in [5.74, 6) is 0. The molecule has 0 saturated carbocycles. The summed E-state index contributed by atoms with van der Waals surface area (Å²) in [6, 6.07) is 12.3. The molecule has 0 spiro atoms. The fourth-order valence-electron chi connectivity index (χ4n) is 1.31. The van der Waals surface area contributed by atoms with Crippen molar-refractivity contribution in [2.75, 3.05) is 0 Å². The van der Waals surface area contributed by atoms with E-state index in [1.165, 1.54) is 11.3 Å². The van der Waals surface area contributed by atoms with E-state index in [-0.39, 0.29) is 0 Å². The van der Waals surface area contributed by atoms with Crippen LogP contribution in [0.15, 0.2) is 36.4 Å². The zero-order valence-corrected chi connectivity index (χ0v) is 7.86. The highest BCUT2D eigenvalue weighted by molar-refractivity contribution is 5.58. The average Bonchev–Trinajstić information content (AvgIpc) is 2.49. The first-order valence-electron chi connectivity index (χ1n) is 4.33. The molecule has 0 amide bonds. The number of aromatic nitrogens is 2. The second-order valence-electron chi connectivity index (χ2n) is 3.16. The molecule has 2 rings (SSSR count). The van der Waals surface area contributed by atoms with E-state index < -0.39 is 0 Å². The highest BCUT2D eigenvalue weighted by atomic mass is 15.3. The summed E-state index contributed by atoms with van der Waals surface area (Å²) in [5.41, 5.74) is 3.39. The van der Waals surface area contributed by atoms with Crippen LogP contribution in [0.3, 0.4) is 0 Å². The van der Waals surface area contributed by atoms with Gasteiger partial charge in [0.2, 0.25) is 0 Å². The molecule has 2 heteroatoms. The van der Waals surface area contributed by atoms with Crippen molar-refractivity contribution in [3.05, 3.63) is 42.1 Å². The Balaban J connectivity index is 2.48. The van der Waals surface area contributed by atoms with Crippen molar-refractivity contribution in [3.63, 3.8) is 0 Å². The minimum absolute atomic E-state index is 1.04. The molecule has 0 aliphatic rings. The highest BCUT2D eigenvalue weighted by Crippen LogP contribution is 2.17. The second-order valence-corrected chi connectivity index (χ2v) is 3.16. The van der Waals surface area contributed by atoms with Gasteiger partial charge in [-0.2, -0.15) is 5.10 Å². The van der Waals surface area contributed by atoms with Crippen molar-refractivity contribution in [2.24, 2.45) is 7.05 Å².